The molecule has 1 aromatic heterocycles. The first-order valence-electron chi connectivity index (χ1n) is 8.28. The Morgan fingerprint density at radius 1 is 1.21 bits per heavy atom. The van der Waals surface area contributed by atoms with Gasteiger partial charge in [-0.05, 0) is 51.5 Å². The summed E-state index contributed by atoms with van der Waals surface area (Å²) in [6.07, 6.45) is 0. The number of aromatic nitrogens is 1. The van der Waals surface area contributed by atoms with E-state index in [1.807, 2.05) is 38.1 Å². The number of carbonyl (C=O) groups excluding carboxylic acids is 1. The summed E-state index contributed by atoms with van der Waals surface area (Å²) < 4.78 is 12.9. The van der Waals surface area contributed by atoms with Crippen molar-refractivity contribution in [3.63, 3.8) is 0 Å². The van der Waals surface area contributed by atoms with Gasteiger partial charge in [0.25, 0.3) is 0 Å². The third-order valence-electron chi connectivity index (χ3n) is 4.35. The number of nitrogens with zero attached hydrogens (tertiary/aromatic N) is 1. The van der Waals surface area contributed by atoms with Gasteiger partial charge in [0.1, 0.15) is 0 Å². The first-order chi connectivity index (χ1) is 11.5. The average molecular weight is 328 g/mol. The minimum Gasteiger partial charge on any atom is -0.454 e. The second-order valence-corrected chi connectivity index (χ2v) is 6.46. The van der Waals surface area contributed by atoms with E-state index in [-0.39, 0.29) is 12.6 Å². The molecule has 1 aliphatic heterocycles. The van der Waals surface area contributed by atoms with E-state index >= 15 is 0 Å². The third-order valence-corrected chi connectivity index (χ3v) is 4.35. The molecule has 128 valence electrons. The molecule has 0 bridgehead atoms. The monoisotopic (exact) mass is 328 g/mol. The molecule has 0 spiro atoms. The number of ether oxygens (including phenoxy) is 2. The molecule has 0 radical (unpaired) electrons. The van der Waals surface area contributed by atoms with Crippen LogP contribution in [0, 0.1) is 13.8 Å². The van der Waals surface area contributed by atoms with Crippen LogP contribution in [0.2, 0.25) is 0 Å². The number of carbonyl (C=O) groups is 1. The standard InChI is InChI=1S/C19H24N2O3/c1-12(2)21-13(3)7-16(14(21)4)17(22)10-20-9-15-5-6-18-19(8-15)24-11-23-18/h5-8,12,20H,9-11H2,1-4H3. The lowest BCUT2D eigenvalue weighted by atomic mass is 10.1. The van der Waals surface area contributed by atoms with Crippen LogP contribution in [0.1, 0.15) is 47.2 Å². The fourth-order valence-electron chi connectivity index (χ4n) is 3.32. The quantitative estimate of drug-likeness (QED) is 0.826. The summed E-state index contributed by atoms with van der Waals surface area (Å²) in [5.41, 5.74) is 4.04. The molecule has 0 amide bonds. The van der Waals surface area contributed by atoms with Gasteiger partial charge in [-0.2, -0.15) is 0 Å². The van der Waals surface area contributed by atoms with Crippen LogP contribution in [0.15, 0.2) is 24.3 Å². The Morgan fingerprint density at radius 3 is 2.67 bits per heavy atom. The van der Waals surface area contributed by atoms with E-state index in [9.17, 15) is 4.79 Å². The SMILES string of the molecule is Cc1cc(C(=O)CNCc2ccc3c(c2)OCO3)c(C)n1C(C)C. The number of rotatable bonds is 6. The second kappa shape index (κ2) is 6.69. The number of Topliss-reactive ketones (excluding diaryl/α,β-unsaturated/α-hetero) is 1. The Kier molecular flexibility index (Phi) is 4.62. The topological polar surface area (TPSA) is 52.5 Å². The summed E-state index contributed by atoms with van der Waals surface area (Å²) in [4.78, 5) is 12.5. The van der Waals surface area contributed by atoms with Crippen LogP contribution in [0.4, 0.5) is 0 Å². The lowest BCUT2D eigenvalue weighted by Gasteiger charge is -2.13. The predicted molar refractivity (Wildman–Crippen MR) is 92.9 cm³/mol. The van der Waals surface area contributed by atoms with E-state index in [2.05, 4.69) is 23.7 Å². The van der Waals surface area contributed by atoms with Crippen LogP contribution >= 0.6 is 0 Å². The van der Waals surface area contributed by atoms with Crippen molar-refractivity contribution < 1.29 is 14.3 Å². The first kappa shape index (κ1) is 16.6. The minimum atomic E-state index is 0.121. The summed E-state index contributed by atoms with van der Waals surface area (Å²) in [5, 5.41) is 3.22. The van der Waals surface area contributed by atoms with Crippen molar-refractivity contribution in [1.29, 1.82) is 0 Å². The number of benzene rings is 1. The maximum atomic E-state index is 12.5. The Labute approximate surface area is 142 Å². The molecule has 2 heterocycles. The van der Waals surface area contributed by atoms with Gasteiger partial charge >= 0.3 is 0 Å². The molecule has 24 heavy (non-hydrogen) atoms. The van der Waals surface area contributed by atoms with Crippen molar-refractivity contribution in [2.24, 2.45) is 0 Å². The van der Waals surface area contributed by atoms with Crippen LogP contribution in [-0.2, 0) is 6.54 Å². The van der Waals surface area contributed by atoms with Gasteiger partial charge in [0, 0.05) is 29.5 Å². The molecule has 0 aliphatic carbocycles. The highest BCUT2D eigenvalue weighted by Crippen LogP contribution is 2.32. The van der Waals surface area contributed by atoms with Gasteiger partial charge in [-0.1, -0.05) is 6.07 Å². The minimum absolute atomic E-state index is 0.121. The Balaban J connectivity index is 1.61. The molecule has 0 saturated carbocycles. The fraction of sp³-hybridized carbons (Fsp3) is 0.421. The Morgan fingerprint density at radius 2 is 1.96 bits per heavy atom. The van der Waals surface area contributed by atoms with Crippen LogP contribution in [-0.4, -0.2) is 23.7 Å². The summed E-state index contributed by atoms with van der Waals surface area (Å²) >= 11 is 0. The normalized spacial score (nSPS) is 12.9. The van der Waals surface area contributed by atoms with E-state index in [1.165, 1.54) is 0 Å². The highest BCUT2D eigenvalue weighted by molar-refractivity contribution is 5.99. The van der Waals surface area contributed by atoms with Crippen LogP contribution < -0.4 is 14.8 Å². The molecule has 0 atom stereocenters. The van der Waals surface area contributed by atoms with Gasteiger partial charge in [0.15, 0.2) is 17.3 Å². The third kappa shape index (κ3) is 3.17. The Bertz CT molecular complexity index is 762. The first-order valence-corrected chi connectivity index (χ1v) is 8.28. The number of hydrogen-bond donors (Lipinski definition) is 1. The van der Waals surface area contributed by atoms with Crippen molar-refractivity contribution in [3.05, 3.63) is 46.8 Å². The summed E-state index contributed by atoms with van der Waals surface area (Å²) in [6, 6.07) is 8.17. The molecule has 5 nitrogen and oxygen atoms in total. The molecule has 0 unspecified atom stereocenters. The van der Waals surface area contributed by atoms with Crippen LogP contribution in [0.5, 0.6) is 11.5 Å². The zero-order valence-electron chi connectivity index (χ0n) is 14.7. The van der Waals surface area contributed by atoms with Crippen LogP contribution in [0.3, 0.4) is 0 Å². The van der Waals surface area contributed by atoms with Gasteiger partial charge in [-0.25, -0.2) is 0 Å². The number of ketones is 1. The molecule has 5 heteroatoms. The molecule has 1 N–H and O–H groups in total. The van der Waals surface area contributed by atoms with Crippen LogP contribution in [0.25, 0.3) is 0 Å². The van der Waals surface area contributed by atoms with E-state index < -0.39 is 0 Å². The molecular weight excluding hydrogens is 304 g/mol. The highest BCUT2D eigenvalue weighted by atomic mass is 16.7. The molecule has 0 saturated heterocycles. The van der Waals surface area contributed by atoms with E-state index in [0.29, 0.717) is 19.1 Å². The zero-order valence-corrected chi connectivity index (χ0v) is 14.7. The molecular formula is C19H24N2O3. The van der Waals surface area contributed by atoms with Gasteiger partial charge in [-0.15, -0.1) is 0 Å². The van der Waals surface area contributed by atoms with Gasteiger partial charge < -0.3 is 19.4 Å². The molecule has 2 aromatic rings. The highest BCUT2D eigenvalue weighted by Gasteiger charge is 2.17. The molecule has 1 aliphatic rings. The number of hydrogen-bond acceptors (Lipinski definition) is 4. The maximum absolute atomic E-state index is 12.5. The smallest absolute Gasteiger partial charge is 0.231 e. The molecule has 1 aromatic carbocycles. The van der Waals surface area contributed by atoms with Gasteiger partial charge in [-0.3, -0.25) is 4.79 Å². The summed E-state index contributed by atoms with van der Waals surface area (Å²) in [5.74, 6) is 1.66. The summed E-state index contributed by atoms with van der Waals surface area (Å²) in [6.45, 7) is 9.53. The van der Waals surface area contributed by atoms with Gasteiger partial charge in [0.05, 0.1) is 6.54 Å². The van der Waals surface area contributed by atoms with Crippen molar-refractivity contribution >= 4 is 5.78 Å². The number of fused-ring (bicyclic) bond motifs is 1. The van der Waals surface area contributed by atoms with Crippen molar-refractivity contribution in [1.82, 2.24) is 9.88 Å². The van der Waals surface area contributed by atoms with Crippen molar-refractivity contribution in [2.45, 2.75) is 40.3 Å². The predicted octanol–water partition coefficient (Wildman–Crippen LogP) is 3.39. The van der Waals surface area contributed by atoms with Crippen molar-refractivity contribution in [2.75, 3.05) is 13.3 Å². The number of nitrogens with one attached hydrogen (secondary N) is 1. The largest absolute Gasteiger partial charge is 0.454 e. The fourth-order valence-corrected chi connectivity index (χ4v) is 3.32. The van der Waals surface area contributed by atoms with E-state index in [1.54, 1.807) is 0 Å². The molecule has 3 rings (SSSR count). The summed E-state index contributed by atoms with van der Waals surface area (Å²) in [7, 11) is 0. The van der Waals surface area contributed by atoms with Crippen molar-refractivity contribution in [3.8, 4) is 11.5 Å². The molecule has 0 fully saturated rings. The maximum Gasteiger partial charge on any atom is 0.231 e. The lowest BCUT2D eigenvalue weighted by Crippen LogP contribution is -2.23. The zero-order chi connectivity index (χ0) is 17.3. The second-order valence-electron chi connectivity index (χ2n) is 6.46. The van der Waals surface area contributed by atoms with E-state index in [0.717, 1.165) is 34.0 Å². The Hall–Kier alpha value is -2.27. The van der Waals surface area contributed by atoms with Gasteiger partial charge in [0.2, 0.25) is 6.79 Å². The van der Waals surface area contributed by atoms with E-state index in [4.69, 9.17) is 9.47 Å². The number of aryl methyl sites for hydroxylation is 1. The average Bonchev–Trinajstić information content (AvgIpc) is 3.10. The lowest BCUT2D eigenvalue weighted by molar-refractivity contribution is 0.0990.